The molecule has 0 spiro atoms. The summed E-state index contributed by atoms with van der Waals surface area (Å²) < 4.78 is 19.3. The molecule has 1 atom stereocenters. The van der Waals surface area contributed by atoms with Crippen molar-refractivity contribution in [3.05, 3.63) is 28.0 Å². The fourth-order valence-electron chi connectivity index (χ4n) is 2.78. The highest BCUT2D eigenvalue weighted by atomic mass is 79.9. The number of likely N-dealkylation sites (tertiary alicyclic amines) is 1. The molecule has 4 nitrogen and oxygen atoms in total. The van der Waals surface area contributed by atoms with E-state index < -0.39 is 5.82 Å². The van der Waals surface area contributed by atoms with E-state index in [2.05, 4.69) is 33.1 Å². The molecule has 0 aliphatic carbocycles. The number of hydrogen-bond donors (Lipinski definition) is 1. The number of nitrogens with zero attached hydrogens (tertiary/aromatic N) is 1. The Morgan fingerprint density at radius 1 is 1.57 bits per heavy atom. The summed E-state index contributed by atoms with van der Waals surface area (Å²) in [6.45, 7) is 4.75. The molecule has 0 saturated carbocycles. The number of carbonyl (C=O) groups is 1. The molecule has 0 radical (unpaired) electrons. The van der Waals surface area contributed by atoms with Gasteiger partial charge in [-0.3, -0.25) is 9.69 Å². The van der Waals surface area contributed by atoms with Crippen LogP contribution in [0.4, 0.5) is 4.39 Å². The highest BCUT2D eigenvalue weighted by molar-refractivity contribution is 9.10. The zero-order valence-electron chi connectivity index (χ0n) is 12.3. The Morgan fingerprint density at radius 3 is 3.00 bits per heavy atom. The third kappa shape index (κ3) is 3.74. The molecule has 0 bridgehead atoms. The van der Waals surface area contributed by atoms with Crippen molar-refractivity contribution in [1.29, 1.82) is 0 Å². The van der Waals surface area contributed by atoms with E-state index in [0.717, 1.165) is 25.9 Å². The van der Waals surface area contributed by atoms with Gasteiger partial charge in [0, 0.05) is 17.1 Å². The molecule has 1 fully saturated rings. The van der Waals surface area contributed by atoms with Gasteiger partial charge in [-0.2, -0.15) is 0 Å². The molecule has 1 amide bonds. The molecule has 1 aromatic carbocycles. The number of benzene rings is 1. The lowest BCUT2D eigenvalue weighted by Gasteiger charge is -2.23. The van der Waals surface area contributed by atoms with Gasteiger partial charge >= 0.3 is 0 Å². The van der Waals surface area contributed by atoms with Crippen LogP contribution < -0.4 is 10.1 Å². The molecule has 1 aliphatic rings. The number of rotatable bonds is 5. The van der Waals surface area contributed by atoms with E-state index in [-0.39, 0.29) is 17.2 Å². The molecule has 6 heteroatoms. The fraction of sp³-hybridized carbons (Fsp3) is 0.533. The summed E-state index contributed by atoms with van der Waals surface area (Å²) in [6.07, 6.45) is 2.24. The molecule has 0 aromatic heterocycles. The first kappa shape index (κ1) is 16.2. The van der Waals surface area contributed by atoms with Crippen molar-refractivity contribution in [2.45, 2.75) is 25.8 Å². The lowest BCUT2D eigenvalue weighted by molar-refractivity contribution is 0.0937. The fourth-order valence-corrected chi connectivity index (χ4v) is 3.21. The molecule has 1 aliphatic heterocycles. The number of hydrogen-bond acceptors (Lipinski definition) is 3. The minimum absolute atomic E-state index is 0.0190. The Hall–Kier alpha value is -1.14. The third-order valence-corrected chi connectivity index (χ3v) is 4.32. The maximum atomic E-state index is 13.8. The normalized spacial score (nSPS) is 18.8. The zero-order valence-corrected chi connectivity index (χ0v) is 13.9. The second kappa shape index (κ2) is 7.22. The Kier molecular flexibility index (Phi) is 5.58. The first-order chi connectivity index (χ1) is 10.1. The van der Waals surface area contributed by atoms with Crippen molar-refractivity contribution < 1.29 is 13.9 Å². The number of halogens is 2. The SMILES string of the molecule is CCN1CCCC1CNC(=O)c1cc(Br)cc(F)c1OC. The van der Waals surface area contributed by atoms with Crippen LogP contribution in [0.2, 0.25) is 0 Å². The molecule has 1 unspecified atom stereocenters. The van der Waals surface area contributed by atoms with Crippen molar-refractivity contribution in [2.75, 3.05) is 26.7 Å². The molecule has 1 aromatic rings. The van der Waals surface area contributed by atoms with Gasteiger partial charge in [0.25, 0.3) is 5.91 Å². The predicted molar refractivity (Wildman–Crippen MR) is 83.3 cm³/mol. The van der Waals surface area contributed by atoms with Crippen molar-refractivity contribution in [3.63, 3.8) is 0 Å². The minimum Gasteiger partial charge on any atom is -0.493 e. The average molecular weight is 359 g/mol. The first-order valence-electron chi connectivity index (χ1n) is 7.12. The number of methoxy groups -OCH3 is 1. The first-order valence-corrected chi connectivity index (χ1v) is 7.91. The zero-order chi connectivity index (χ0) is 15.4. The molecule has 21 heavy (non-hydrogen) atoms. The summed E-state index contributed by atoms with van der Waals surface area (Å²) in [4.78, 5) is 14.6. The quantitative estimate of drug-likeness (QED) is 0.879. The lowest BCUT2D eigenvalue weighted by atomic mass is 10.1. The van der Waals surface area contributed by atoms with E-state index >= 15 is 0 Å². The van der Waals surface area contributed by atoms with Crippen LogP contribution in [-0.4, -0.2) is 43.6 Å². The summed E-state index contributed by atoms with van der Waals surface area (Å²) in [6, 6.07) is 3.22. The van der Waals surface area contributed by atoms with Gasteiger partial charge in [0.05, 0.1) is 12.7 Å². The Morgan fingerprint density at radius 2 is 2.33 bits per heavy atom. The van der Waals surface area contributed by atoms with Crippen LogP contribution in [-0.2, 0) is 0 Å². The Labute approximate surface area is 132 Å². The molecule has 1 saturated heterocycles. The van der Waals surface area contributed by atoms with Gasteiger partial charge in [-0.15, -0.1) is 0 Å². The molecular weight excluding hydrogens is 339 g/mol. The van der Waals surface area contributed by atoms with Crippen molar-refractivity contribution in [3.8, 4) is 5.75 Å². The molecule has 2 rings (SSSR count). The third-order valence-electron chi connectivity index (χ3n) is 3.86. The standard InChI is InChI=1S/C15H20BrFN2O2/c1-3-19-6-4-5-11(19)9-18-15(20)12-7-10(16)8-13(17)14(12)21-2/h7-8,11H,3-6,9H2,1-2H3,(H,18,20). The summed E-state index contributed by atoms with van der Waals surface area (Å²) in [5.41, 5.74) is 0.213. The summed E-state index contributed by atoms with van der Waals surface area (Å²) in [7, 11) is 1.36. The predicted octanol–water partition coefficient (Wildman–Crippen LogP) is 2.81. The van der Waals surface area contributed by atoms with E-state index in [0.29, 0.717) is 17.1 Å². The Bertz CT molecular complexity index is 525. The largest absolute Gasteiger partial charge is 0.493 e. The molecule has 116 valence electrons. The Balaban J connectivity index is 2.07. The summed E-state index contributed by atoms with van der Waals surface area (Å²) in [5.74, 6) is -0.877. The maximum absolute atomic E-state index is 13.8. The van der Waals surface area contributed by atoms with E-state index in [1.54, 1.807) is 6.07 Å². The topological polar surface area (TPSA) is 41.6 Å². The smallest absolute Gasteiger partial charge is 0.255 e. The van der Waals surface area contributed by atoms with Crippen LogP contribution in [0.25, 0.3) is 0 Å². The van der Waals surface area contributed by atoms with Gasteiger partial charge in [0.15, 0.2) is 11.6 Å². The second-order valence-electron chi connectivity index (χ2n) is 5.10. The van der Waals surface area contributed by atoms with Crippen LogP contribution in [0.3, 0.4) is 0 Å². The van der Waals surface area contributed by atoms with Gasteiger partial charge in [0.1, 0.15) is 0 Å². The van der Waals surface area contributed by atoms with E-state index in [1.807, 2.05) is 0 Å². The van der Waals surface area contributed by atoms with Crippen molar-refractivity contribution in [2.24, 2.45) is 0 Å². The summed E-state index contributed by atoms with van der Waals surface area (Å²) in [5, 5.41) is 2.89. The second-order valence-corrected chi connectivity index (χ2v) is 6.02. The van der Waals surface area contributed by atoms with Crippen LogP contribution in [0.5, 0.6) is 5.75 Å². The maximum Gasteiger partial charge on any atom is 0.255 e. The number of likely N-dealkylation sites (N-methyl/N-ethyl adjacent to an activating group) is 1. The van der Waals surface area contributed by atoms with E-state index in [4.69, 9.17) is 4.74 Å². The van der Waals surface area contributed by atoms with Crippen molar-refractivity contribution in [1.82, 2.24) is 10.2 Å². The highest BCUT2D eigenvalue weighted by Crippen LogP contribution is 2.27. The average Bonchev–Trinajstić information content (AvgIpc) is 2.91. The molecule has 1 heterocycles. The number of carbonyl (C=O) groups excluding carboxylic acids is 1. The van der Waals surface area contributed by atoms with Crippen LogP contribution in [0.15, 0.2) is 16.6 Å². The van der Waals surface area contributed by atoms with Gasteiger partial charge in [-0.05, 0) is 38.1 Å². The van der Waals surface area contributed by atoms with Crippen LogP contribution >= 0.6 is 15.9 Å². The minimum atomic E-state index is -0.548. The highest BCUT2D eigenvalue weighted by Gasteiger charge is 2.24. The van der Waals surface area contributed by atoms with Crippen LogP contribution in [0, 0.1) is 5.82 Å². The number of amides is 1. The van der Waals surface area contributed by atoms with E-state index in [9.17, 15) is 9.18 Å². The van der Waals surface area contributed by atoms with Gasteiger partial charge in [0.2, 0.25) is 0 Å². The van der Waals surface area contributed by atoms with Gasteiger partial charge in [-0.25, -0.2) is 4.39 Å². The van der Waals surface area contributed by atoms with Crippen LogP contribution in [0.1, 0.15) is 30.1 Å². The van der Waals surface area contributed by atoms with Crippen molar-refractivity contribution >= 4 is 21.8 Å². The monoisotopic (exact) mass is 358 g/mol. The molecule has 1 N–H and O–H groups in total. The molecular formula is C15H20BrFN2O2. The van der Waals surface area contributed by atoms with E-state index in [1.165, 1.54) is 13.2 Å². The van der Waals surface area contributed by atoms with Gasteiger partial charge < -0.3 is 10.1 Å². The summed E-state index contributed by atoms with van der Waals surface area (Å²) >= 11 is 3.20. The lowest BCUT2D eigenvalue weighted by Crippen LogP contribution is -2.40. The number of ether oxygens (including phenoxy) is 1. The van der Waals surface area contributed by atoms with Gasteiger partial charge in [-0.1, -0.05) is 22.9 Å². The number of nitrogens with one attached hydrogen (secondary N) is 1.